The van der Waals surface area contributed by atoms with E-state index in [4.69, 9.17) is 22.1 Å². The molecule has 0 aliphatic rings. The first-order valence-electron chi connectivity index (χ1n) is 11.8. The predicted octanol–water partition coefficient (Wildman–Crippen LogP) is 8.57. The Bertz CT molecular complexity index is 1140. The van der Waals surface area contributed by atoms with E-state index in [9.17, 15) is 0 Å². The number of rotatable bonds is 10. The van der Waals surface area contributed by atoms with Crippen LogP contribution in [0.1, 0.15) is 59.8 Å². The van der Waals surface area contributed by atoms with Crippen LogP contribution < -0.4 is 9.47 Å². The number of hydrogen-bond donors (Lipinski definition) is 1. The van der Waals surface area contributed by atoms with Gasteiger partial charge in [-0.15, -0.1) is 0 Å². The fourth-order valence-corrected chi connectivity index (χ4v) is 4.26. The third-order valence-corrected chi connectivity index (χ3v) is 6.43. The highest BCUT2D eigenvalue weighted by atomic mass is 32.1. The molecule has 4 rings (SSSR count). The summed E-state index contributed by atoms with van der Waals surface area (Å²) in [5, 5.41) is 0.000388. The third-order valence-electron chi connectivity index (χ3n) is 5.92. The van der Waals surface area contributed by atoms with Crippen molar-refractivity contribution in [2.75, 3.05) is 0 Å². The molecular formula is C31H32O2S. The van der Waals surface area contributed by atoms with Crippen molar-refractivity contribution in [2.24, 2.45) is 0 Å². The zero-order valence-electron chi connectivity index (χ0n) is 19.8. The van der Waals surface area contributed by atoms with Crippen LogP contribution in [0.25, 0.3) is 0 Å². The van der Waals surface area contributed by atoms with Crippen molar-refractivity contribution in [1.29, 1.82) is 0 Å². The Balaban J connectivity index is 1.47. The molecule has 2 unspecified atom stereocenters. The standard InChI is InChI=1S/C31H32O2S/c1-23(2)25-16-18-28(19-17-25)33-30(26-12-7-4-8-13-26)21-31(34)27-14-9-15-29(20-27)32-22-24-10-5-3-6-11-24/h3-20,23,30-31,34H,21-22H2,1-2H3. The first kappa shape index (κ1) is 24.0. The smallest absolute Gasteiger partial charge is 0.125 e. The van der Waals surface area contributed by atoms with Gasteiger partial charge in [-0.3, -0.25) is 0 Å². The highest BCUT2D eigenvalue weighted by Gasteiger charge is 2.19. The number of thiol groups is 1. The average molecular weight is 469 g/mol. The summed E-state index contributed by atoms with van der Waals surface area (Å²) in [6.07, 6.45) is 0.628. The summed E-state index contributed by atoms with van der Waals surface area (Å²) in [4.78, 5) is 0. The molecule has 0 N–H and O–H groups in total. The second-order valence-corrected chi connectivity index (χ2v) is 9.46. The lowest BCUT2D eigenvalue weighted by atomic mass is 10.00. The summed E-state index contributed by atoms with van der Waals surface area (Å²) < 4.78 is 12.5. The Morgan fingerprint density at radius 2 is 1.29 bits per heavy atom. The topological polar surface area (TPSA) is 18.5 Å². The van der Waals surface area contributed by atoms with E-state index in [1.807, 2.05) is 36.4 Å². The number of benzene rings is 4. The highest BCUT2D eigenvalue weighted by Crippen LogP contribution is 2.35. The van der Waals surface area contributed by atoms with Gasteiger partial charge in [0.05, 0.1) is 0 Å². The molecule has 0 radical (unpaired) electrons. The maximum Gasteiger partial charge on any atom is 0.125 e. The summed E-state index contributed by atoms with van der Waals surface area (Å²) in [6, 6.07) is 37.2. The maximum atomic E-state index is 6.48. The van der Waals surface area contributed by atoms with Crippen molar-refractivity contribution in [3.8, 4) is 11.5 Å². The molecule has 34 heavy (non-hydrogen) atoms. The molecule has 0 aliphatic carbocycles. The molecule has 4 aromatic carbocycles. The van der Waals surface area contributed by atoms with E-state index in [2.05, 4.69) is 86.6 Å². The van der Waals surface area contributed by atoms with Crippen molar-refractivity contribution < 1.29 is 9.47 Å². The molecule has 0 saturated carbocycles. The quantitative estimate of drug-likeness (QED) is 0.235. The molecule has 0 aliphatic heterocycles. The van der Waals surface area contributed by atoms with Gasteiger partial charge < -0.3 is 9.47 Å². The van der Waals surface area contributed by atoms with Crippen LogP contribution in [-0.4, -0.2) is 0 Å². The lowest BCUT2D eigenvalue weighted by Gasteiger charge is -2.23. The fraction of sp³-hybridized carbons (Fsp3) is 0.226. The highest BCUT2D eigenvalue weighted by molar-refractivity contribution is 7.80. The van der Waals surface area contributed by atoms with Gasteiger partial charge in [0.2, 0.25) is 0 Å². The minimum atomic E-state index is -0.109. The van der Waals surface area contributed by atoms with Gasteiger partial charge in [-0.05, 0) is 52.4 Å². The Hall–Kier alpha value is -3.17. The van der Waals surface area contributed by atoms with Crippen molar-refractivity contribution in [2.45, 2.75) is 44.1 Å². The second kappa shape index (κ2) is 11.8. The van der Waals surface area contributed by atoms with Crippen molar-refractivity contribution >= 4 is 12.6 Å². The maximum absolute atomic E-state index is 6.48. The molecular weight excluding hydrogens is 436 g/mol. The molecule has 2 atom stereocenters. The van der Waals surface area contributed by atoms with Crippen LogP contribution in [0.3, 0.4) is 0 Å². The van der Waals surface area contributed by atoms with Crippen LogP contribution in [-0.2, 0) is 6.61 Å². The van der Waals surface area contributed by atoms with Gasteiger partial charge in [0.15, 0.2) is 0 Å². The van der Waals surface area contributed by atoms with Crippen LogP contribution >= 0.6 is 12.6 Å². The van der Waals surface area contributed by atoms with Gasteiger partial charge in [-0.25, -0.2) is 0 Å². The van der Waals surface area contributed by atoms with E-state index in [-0.39, 0.29) is 11.4 Å². The van der Waals surface area contributed by atoms with Crippen LogP contribution in [0.2, 0.25) is 0 Å². The number of ether oxygens (including phenoxy) is 2. The predicted molar refractivity (Wildman–Crippen MR) is 144 cm³/mol. The average Bonchev–Trinajstić information content (AvgIpc) is 2.88. The van der Waals surface area contributed by atoms with Gasteiger partial charge in [-0.1, -0.05) is 98.8 Å². The summed E-state index contributed by atoms with van der Waals surface area (Å²) in [5.41, 5.74) is 4.72. The Kier molecular flexibility index (Phi) is 8.32. The molecule has 174 valence electrons. The lowest BCUT2D eigenvalue weighted by molar-refractivity contribution is 0.194. The Labute approximate surface area is 209 Å². The van der Waals surface area contributed by atoms with E-state index in [1.165, 1.54) is 5.56 Å². The second-order valence-electron chi connectivity index (χ2n) is 8.84. The molecule has 0 bridgehead atoms. The van der Waals surface area contributed by atoms with Crippen LogP contribution in [0.15, 0.2) is 109 Å². The van der Waals surface area contributed by atoms with E-state index in [1.54, 1.807) is 0 Å². The van der Waals surface area contributed by atoms with Gasteiger partial charge in [-0.2, -0.15) is 12.6 Å². The van der Waals surface area contributed by atoms with Gasteiger partial charge in [0.25, 0.3) is 0 Å². The Morgan fingerprint density at radius 1 is 0.647 bits per heavy atom. The minimum Gasteiger partial charge on any atom is -0.489 e. The molecule has 0 heterocycles. The molecule has 0 amide bonds. The lowest BCUT2D eigenvalue weighted by Crippen LogP contribution is -2.11. The molecule has 0 aromatic heterocycles. The van der Waals surface area contributed by atoms with Gasteiger partial charge in [0, 0.05) is 11.7 Å². The van der Waals surface area contributed by atoms with E-state index < -0.39 is 0 Å². The normalized spacial score (nSPS) is 12.8. The number of hydrogen-bond acceptors (Lipinski definition) is 3. The molecule has 2 nitrogen and oxygen atoms in total. The summed E-state index contributed by atoms with van der Waals surface area (Å²) in [6.45, 7) is 4.95. The fourth-order valence-electron chi connectivity index (χ4n) is 3.91. The summed E-state index contributed by atoms with van der Waals surface area (Å²) in [5.74, 6) is 2.22. The van der Waals surface area contributed by atoms with E-state index in [0.29, 0.717) is 12.5 Å². The molecule has 3 heteroatoms. The van der Waals surface area contributed by atoms with Crippen molar-refractivity contribution in [1.82, 2.24) is 0 Å². The van der Waals surface area contributed by atoms with Gasteiger partial charge >= 0.3 is 0 Å². The molecule has 4 aromatic rings. The zero-order valence-corrected chi connectivity index (χ0v) is 20.7. The third kappa shape index (κ3) is 6.68. The zero-order chi connectivity index (χ0) is 23.8. The largest absolute Gasteiger partial charge is 0.489 e. The van der Waals surface area contributed by atoms with Crippen molar-refractivity contribution in [3.05, 3.63) is 131 Å². The molecule has 0 fully saturated rings. The monoisotopic (exact) mass is 468 g/mol. The Morgan fingerprint density at radius 3 is 1.97 bits per heavy atom. The van der Waals surface area contributed by atoms with Crippen LogP contribution in [0.4, 0.5) is 0 Å². The minimum absolute atomic E-state index is 0.000388. The SMILES string of the molecule is CC(C)c1ccc(OC(CC(S)c2cccc(OCc3ccccc3)c2)c2ccccc2)cc1. The van der Waals surface area contributed by atoms with Gasteiger partial charge in [0.1, 0.15) is 24.2 Å². The summed E-state index contributed by atoms with van der Waals surface area (Å²) in [7, 11) is 0. The van der Waals surface area contributed by atoms with E-state index in [0.717, 1.165) is 34.6 Å². The first-order chi connectivity index (χ1) is 16.6. The van der Waals surface area contributed by atoms with Crippen LogP contribution in [0, 0.1) is 0 Å². The van der Waals surface area contributed by atoms with Crippen molar-refractivity contribution in [3.63, 3.8) is 0 Å². The van der Waals surface area contributed by atoms with Crippen LogP contribution in [0.5, 0.6) is 11.5 Å². The first-order valence-corrected chi connectivity index (χ1v) is 12.4. The molecule has 0 spiro atoms. The van der Waals surface area contributed by atoms with E-state index >= 15 is 0 Å². The summed E-state index contributed by atoms with van der Waals surface area (Å²) >= 11 is 4.97. The molecule has 0 saturated heterocycles.